The van der Waals surface area contributed by atoms with Crippen molar-refractivity contribution in [1.29, 1.82) is 0 Å². The van der Waals surface area contributed by atoms with Crippen molar-refractivity contribution in [3.8, 4) is 5.75 Å². The minimum Gasteiger partial charge on any atom is -0.490 e. The fourth-order valence-electron chi connectivity index (χ4n) is 3.95. The molecule has 2 aliphatic heterocycles. The quantitative estimate of drug-likeness (QED) is 0.894. The topological polar surface area (TPSA) is 72.3 Å². The Morgan fingerprint density at radius 2 is 1.81 bits per heavy atom. The summed E-state index contributed by atoms with van der Waals surface area (Å²) in [7, 11) is 0. The maximum atomic E-state index is 12.9. The predicted octanol–water partition coefficient (Wildman–Crippen LogP) is 2.19. The number of likely N-dealkylation sites (tertiary alicyclic amines) is 1. The van der Waals surface area contributed by atoms with E-state index in [1.807, 2.05) is 46.8 Å². The zero-order valence-electron chi connectivity index (χ0n) is 15.8. The van der Waals surface area contributed by atoms with Crippen LogP contribution in [0.1, 0.15) is 47.9 Å². The second kappa shape index (κ2) is 8.08. The van der Waals surface area contributed by atoms with E-state index in [2.05, 4.69) is 15.6 Å². The van der Waals surface area contributed by atoms with Crippen LogP contribution < -0.4 is 10.1 Å². The molecule has 2 saturated heterocycles. The zero-order chi connectivity index (χ0) is 18.6. The number of amides is 1. The van der Waals surface area contributed by atoms with Gasteiger partial charge < -0.3 is 15.0 Å². The number of carbonyl (C=O) groups is 1. The molecule has 0 aliphatic carbocycles. The van der Waals surface area contributed by atoms with Gasteiger partial charge in [-0.05, 0) is 45.0 Å². The third kappa shape index (κ3) is 3.98. The van der Waals surface area contributed by atoms with Crippen LogP contribution in [-0.4, -0.2) is 58.1 Å². The average Bonchev–Trinajstić information content (AvgIpc) is 3.11. The van der Waals surface area contributed by atoms with Crippen LogP contribution in [-0.2, 0) is 0 Å². The summed E-state index contributed by atoms with van der Waals surface area (Å²) in [5, 5.41) is 11.9. The number of carbonyl (C=O) groups excluding carboxylic acids is 1. The zero-order valence-corrected chi connectivity index (χ0v) is 15.8. The molecule has 2 fully saturated rings. The summed E-state index contributed by atoms with van der Waals surface area (Å²) in [6.07, 6.45) is 3.88. The third-order valence-electron chi connectivity index (χ3n) is 5.56. The average molecular weight is 369 g/mol. The minimum absolute atomic E-state index is 0.00848. The normalized spacial score (nSPS) is 19.2. The van der Waals surface area contributed by atoms with Crippen LogP contribution in [0, 0.1) is 6.92 Å². The lowest BCUT2D eigenvalue weighted by Crippen LogP contribution is -2.42. The summed E-state index contributed by atoms with van der Waals surface area (Å²) in [6, 6.07) is 10.2. The lowest BCUT2D eigenvalue weighted by atomic mass is 10.1. The molecule has 1 N–H and O–H groups in total. The van der Waals surface area contributed by atoms with E-state index < -0.39 is 0 Å². The number of ether oxygens (including phenoxy) is 1. The standard InChI is InChI=1S/C20H27N5O2/c1-15-19(22-23-25(15)16-7-11-21-12-8-16)20(26)24-13-9-18(10-14-24)27-17-5-3-2-4-6-17/h2-6,16,18,21H,7-14H2,1H3. The highest BCUT2D eigenvalue weighted by Gasteiger charge is 2.29. The Kier molecular flexibility index (Phi) is 5.38. The Labute approximate surface area is 159 Å². The van der Waals surface area contributed by atoms with Crippen molar-refractivity contribution in [2.24, 2.45) is 0 Å². The number of nitrogens with one attached hydrogen (secondary N) is 1. The summed E-state index contributed by atoms with van der Waals surface area (Å²) in [5.41, 5.74) is 1.38. The lowest BCUT2D eigenvalue weighted by molar-refractivity contribution is 0.0589. The number of benzene rings is 1. The van der Waals surface area contributed by atoms with E-state index in [1.54, 1.807) is 0 Å². The van der Waals surface area contributed by atoms with Gasteiger partial charge in [0.25, 0.3) is 5.91 Å². The van der Waals surface area contributed by atoms with Gasteiger partial charge in [-0.2, -0.15) is 0 Å². The van der Waals surface area contributed by atoms with Gasteiger partial charge in [-0.15, -0.1) is 5.10 Å². The smallest absolute Gasteiger partial charge is 0.276 e. The molecule has 1 amide bonds. The largest absolute Gasteiger partial charge is 0.490 e. The molecular formula is C20H27N5O2. The third-order valence-corrected chi connectivity index (χ3v) is 5.56. The van der Waals surface area contributed by atoms with Crippen molar-refractivity contribution in [2.75, 3.05) is 26.2 Å². The van der Waals surface area contributed by atoms with Crippen molar-refractivity contribution in [3.05, 3.63) is 41.7 Å². The predicted molar refractivity (Wildman–Crippen MR) is 102 cm³/mol. The first kappa shape index (κ1) is 18.0. The molecule has 7 nitrogen and oxygen atoms in total. The van der Waals surface area contributed by atoms with E-state index in [9.17, 15) is 4.79 Å². The van der Waals surface area contributed by atoms with E-state index >= 15 is 0 Å². The fraction of sp³-hybridized carbons (Fsp3) is 0.550. The molecule has 2 aliphatic rings. The van der Waals surface area contributed by atoms with Crippen LogP contribution in [0.25, 0.3) is 0 Å². The van der Waals surface area contributed by atoms with E-state index in [0.717, 1.165) is 50.2 Å². The second-order valence-corrected chi connectivity index (χ2v) is 7.37. The molecule has 0 radical (unpaired) electrons. The Balaban J connectivity index is 1.36. The van der Waals surface area contributed by atoms with Gasteiger partial charge in [-0.1, -0.05) is 23.4 Å². The minimum atomic E-state index is -0.00848. The molecule has 4 rings (SSSR count). The number of nitrogens with zero attached hydrogens (tertiary/aromatic N) is 4. The molecule has 0 atom stereocenters. The fourth-order valence-corrected chi connectivity index (χ4v) is 3.95. The van der Waals surface area contributed by atoms with E-state index in [0.29, 0.717) is 24.8 Å². The van der Waals surface area contributed by atoms with E-state index in [1.165, 1.54) is 0 Å². The summed E-state index contributed by atoms with van der Waals surface area (Å²) in [4.78, 5) is 14.8. The van der Waals surface area contributed by atoms with Gasteiger partial charge in [-0.25, -0.2) is 4.68 Å². The molecule has 3 heterocycles. The van der Waals surface area contributed by atoms with Crippen LogP contribution in [0.3, 0.4) is 0 Å². The number of hydrogen-bond acceptors (Lipinski definition) is 5. The second-order valence-electron chi connectivity index (χ2n) is 7.37. The van der Waals surface area contributed by atoms with Gasteiger partial charge in [0, 0.05) is 25.9 Å². The van der Waals surface area contributed by atoms with Crippen LogP contribution in [0.15, 0.2) is 30.3 Å². The molecule has 144 valence electrons. The monoisotopic (exact) mass is 369 g/mol. The number of hydrogen-bond donors (Lipinski definition) is 1. The van der Waals surface area contributed by atoms with E-state index in [4.69, 9.17) is 4.74 Å². The molecule has 1 aromatic carbocycles. The van der Waals surface area contributed by atoms with Gasteiger partial charge in [0.2, 0.25) is 0 Å². The Bertz CT molecular complexity index is 762. The lowest BCUT2D eigenvalue weighted by Gasteiger charge is -2.32. The Hall–Kier alpha value is -2.41. The van der Waals surface area contributed by atoms with Crippen molar-refractivity contribution in [1.82, 2.24) is 25.2 Å². The summed E-state index contributed by atoms with van der Waals surface area (Å²) in [5.74, 6) is 0.883. The maximum Gasteiger partial charge on any atom is 0.276 e. The van der Waals surface area contributed by atoms with Crippen molar-refractivity contribution < 1.29 is 9.53 Å². The van der Waals surface area contributed by atoms with Gasteiger partial charge in [0.1, 0.15) is 11.9 Å². The number of aromatic nitrogens is 3. The molecule has 0 unspecified atom stereocenters. The highest BCUT2D eigenvalue weighted by molar-refractivity contribution is 5.93. The molecule has 2 aromatic rings. The highest BCUT2D eigenvalue weighted by atomic mass is 16.5. The molecule has 1 aromatic heterocycles. The first-order valence-electron chi connectivity index (χ1n) is 9.86. The van der Waals surface area contributed by atoms with Gasteiger partial charge in [0.15, 0.2) is 5.69 Å². The molecular weight excluding hydrogens is 342 g/mol. The molecule has 27 heavy (non-hydrogen) atoms. The maximum absolute atomic E-state index is 12.9. The van der Waals surface area contributed by atoms with Crippen molar-refractivity contribution >= 4 is 5.91 Å². The van der Waals surface area contributed by atoms with Crippen molar-refractivity contribution in [3.63, 3.8) is 0 Å². The molecule has 0 spiro atoms. The molecule has 0 saturated carbocycles. The molecule has 7 heteroatoms. The van der Waals surface area contributed by atoms with Crippen LogP contribution in [0.5, 0.6) is 5.75 Å². The highest BCUT2D eigenvalue weighted by Crippen LogP contribution is 2.23. The number of rotatable bonds is 4. The molecule has 0 bridgehead atoms. The Morgan fingerprint density at radius 1 is 1.11 bits per heavy atom. The van der Waals surface area contributed by atoms with Crippen LogP contribution in [0.2, 0.25) is 0 Å². The van der Waals surface area contributed by atoms with Gasteiger partial charge in [0.05, 0.1) is 11.7 Å². The first-order chi connectivity index (χ1) is 13.2. The SMILES string of the molecule is Cc1c(C(=O)N2CCC(Oc3ccccc3)CC2)nnn1C1CCNCC1. The van der Waals surface area contributed by atoms with E-state index in [-0.39, 0.29) is 12.0 Å². The summed E-state index contributed by atoms with van der Waals surface area (Å²) >= 11 is 0. The van der Waals surface area contributed by atoms with Crippen LogP contribution in [0.4, 0.5) is 0 Å². The van der Waals surface area contributed by atoms with Gasteiger partial charge in [-0.3, -0.25) is 4.79 Å². The van der Waals surface area contributed by atoms with Crippen LogP contribution >= 0.6 is 0 Å². The number of para-hydroxylation sites is 1. The Morgan fingerprint density at radius 3 is 2.52 bits per heavy atom. The summed E-state index contributed by atoms with van der Waals surface area (Å²) in [6.45, 7) is 5.32. The number of piperidine rings is 2. The van der Waals surface area contributed by atoms with Gasteiger partial charge >= 0.3 is 0 Å². The first-order valence-corrected chi connectivity index (χ1v) is 9.86. The summed E-state index contributed by atoms with van der Waals surface area (Å²) < 4.78 is 7.96. The van der Waals surface area contributed by atoms with Crippen molar-refractivity contribution in [2.45, 2.75) is 44.8 Å².